The predicted molar refractivity (Wildman–Crippen MR) is 484 cm³/mol. The van der Waals surface area contributed by atoms with Gasteiger partial charge in [-0.25, -0.2) is 39.9 Å². The van der Waals surface area contributed by atoms with E-state index in [0.29, 0.717) is 17.5 Å². The molecule has 0 saturated heterocycles. The summed E-state index contributed by atoms with van der Waals surface area (Å²) >= 11 is 0. The fourth-order valence-corrected chi connectivity index (χ4v) is 17.8. The fraction of sp³-hybridized carbons (Fsp3) is 0. The molecule has 17 aromatic carbocycles. The largest absolute Gasteiger partial charge is 0.279 e. The molecular formula is C106H64N12. The first-order chi connectivity index (χ1) is 58.5. The first-order valence-electron chi connectivity index (χ1n) is 39.7. The summed E-state index contributed by atoms with van der Waals surface area (Å²) in [5.74, 6) is 3.44. The summed E-state index contributed by atoms with van der Waals surface area (Å²) in [6.07, 6.45) is 0. The monoisotopic (exact) mass is 1500 g/mol. The van der Waals surface area contributed by atoms with E-state index in [4.69, 9.17) is 39.9 Å². The molecule has 25 aromatic rings. The Balaban J connectivity index is 0.000000135. The van der Waals surface area contributed by atoms with Gasteiger partial charge in [-0.3, -0.25) is 17.9 Å². The average molecular weight is 1510 g/mol. The highest BCUT2D eigenvalue weighted by molar-refractivity contribution is 6.23. The molecule has 8 heterocycles. The summed E-state index contributed by atoms with van der Waals surface area (Å²) in [4.78, 5) is 41.9. The second-order valence-electron chi connectivity index (χ2n) is 30.2. The molecule has 12 nitrogen and oxygen atoms in total. The van der Waals surface area contributed by atoms with Crippen LogP contribution in [-0.2, 0) is 0 Å². The lowest BCUT2D eigenvalue weighted by Crippen LogP contribution is -2.06. The van der Waals surface area contributed by atoms with E-state index >= 15 is 0 Å². The van der Waals surface area contributed by atoms with Gasteiger partial charge in [-0.2, -0.15) is 0 Å². The normalized spacial score (nSPS) is 11.9. The number of hydrogen-bond acceptors (Lipinski definition) is 8. The molecule has 0 aliphatic heterocycles. The molecule has 0 spiro atoms. The van der Waals surface area contributed by atoms with Crippen LogP contribution in [-0.4, -0.2) is 57.8 Å². The molecule has 0 saturated carbocycles. The lowest BCUT2D eigenvalue weighted by molar-refractivity contribution is 0.979. The molecule has 0 radical (unpaired) electrons. The Bertz CT molecular complexity index is 8300. The van der Waals surface area contributed by atoms with Gasteiger partial charge in [0.05, 0.1) is 66.6 Å². The minimum Gasteiger partial charge on any atom is -0.279 e. The van der Waals surface area contributed by atoms with Crippen molar-refractivity contribution in [3.8, 4) is 90.8 Å². The predicted octanol–water partition coefficient (Wildman–Crippen LogP) is 26.1. The van der Waals surface area contributed by atoms with Crippen LogP contribution < -0.4 is 0 Å². The van der Waals surface area contributed by atoms with Crippen LogP contribution in [0.25, 0.3) is 233 Å². The van der Waals surface area contributed by atoms with Crippen LogP contribution in [0.3, 0.4) is 0 Å². The second kappa shape index (κ2) is 26.7. The third-order valence-electron chi connectivity index (χ3n) is 23.4. The molecule has 0 unspecified atom stereocenters. The maximum Gasteiger partial charge on any atom is 0.221 e. The van der Waals surface area contributed by atoms with Gasteiger partial charge in [0, 0.05) is 60.1 Å². The van der Waals surface area contributed by atoms with E-state index in [9.17, 15) is 0 Å². The van der Waals surface area contributed by atoms with Crippen molar-refractivity contribution in [3.05, 3.63) is 388 Å². The smallest absolute Gasteiger partial charge is 0.221 e. The lowest BCUT2D eigenvalue weighted by atomic mass is 9.97. The van der Waals surface area contributed by atoms with E-state index in [2.05, 4.69) is 376 Å². The SMILES string of the molecule is c1ccc(-c2cc(-c3ccccc3)nc(-c3ccc(-c4ccc5c(c4)c4c6ccccc6ccc4n5-c4nc5ccccc5c5nc6ccccc6n45)cc3)c2)cc1.c1ccc2cc(-c3nc(-c4ccc5ccccc5c4)nc(-c4ccc5c(c4)c4c6ccccc6ccc4n5-c4nc5ccccc5c5nc6ccccc6n45)n3)ccc2c1. The van der Waals surface area contributed by atoms with Crippen LogP contribution in [0.5, 0.6) is 0 Å². The van der Waals surface area contributed by atoms with E-state index in [-0.39, 0.29) is 0 Å². The van der Waals surface area contributed by atoms with Gasteiger partial charge in [0.2, 0.25) is 11.9 Å². The summed E-state index contributed by atoms with van der Waals surface area (Å²) in [5.41, 5.74) is 23.1. The number of nitrogens with zero attached hydrogens (tertiary/aromatic N) is 12. The number of hydrogen-bond donors (Lipinski definition) is 0. The molecule has 118 heavy (non-hydrogen) atoms. The number of benzene rings is 17. The molecular weight excluding hydrogens is 1440 g/mol. The van der Waals surface area contributed by atoms with Crippen molar-refractivity contribution < 1.29 is 0 Å². The Morgan fingerprint density at radius 2 is 0.508 bits per heavy atom. The molecule has 0 aliphatic carbocycles. The number of para-hydroxylation sites is 6. The maximum absolute atomic E-state index is 5.42. The number of imidazole rings is 2. The fourth-order valence-electron chi connectivity index (χ4n) is 17.8. The van der Waals surface area contributed by atoms with Gasteiger partial charge in [0.15, 0.2) is 17.5 Å². The van der Waals surface area contributed by atoms with Crippen LogP contribution in [0, 0.1) is 0 Å². The van der Waals surface area contributed by atoms with Crippen LogP contribution >= 0.6 is 0 Å². The van der Waals surface area contributed by atoms with E-state index in [1.165, 1.54) is 37.9 Å². The van der Waals surface area contributed by atoms with Crippen molar-refractivity contribution in [1.82, 2.24) is 57.8 Å². The summed E-state index contributed by atoms with van der Waals surface area (Å²) in [6.45, 7) is 0. The van der Waals surface area contributed by atoms with Gasteiger partial charge in [-0.05, 0) is 181 Å². The topological polar surface area (TPSA) is 122 Å². The summed E-state index contributed by atoms with van der Waals surface area (Å²) in [5, 5.41) is 16.0. The highest BCUT2D eigenvalue weighted by atomic mass is 15.2. The molecule has 0 fully saturated rings. The van der Waals surface area contributed by atoms with E-state index in [1.807, 2.05) is 30.3 Å². The first-order valence-corrected chi connectivity index (χ1v) is 39.7. The van der Waals surface area contributed by atoms with E-state index < -0.39 is 0 Å². The third-order valence-corrected chi connectivity index (χ3v) is 23.4. The summed E-state index contributed by atoms with van der Waals surface area (Å²) in [7, 11) is 0. The van der Waals surface area contributed by atoms with Gasteiger partial charge >= 0.3 is 0 Å². The Kier molecular flexibility index (Phi) is 15.1. The maximum atomic E-state index is 5.42. The first kappa shape index (κ1) is 66.4. The van der Waals surface area contributed by atoms with Crippen molar-refractivity contribution >= 4 is 142 Å². The minimum absolute atomic E-state index is 0.603. The molecule has 0 N–H and O–H groups in total. The van der Waals surface area contributed by atoms with Gasteiger partial charge in [-0.15, -0.1) is 0 Å². The second-order valence-corrected chi connectivity index (χ2v) is 30.2. The Morgan fingerprint density at radius 1 is 0.169 bits per heavy atom. The molecule has 548 valence electrons. The zero-order valence-corrected chi connectivity index (χ0v) is 63.3. The zero-order valence-electron chi connectivity index (χ0n) is 63.3. The van der Waals surface area contributed by atoms with Crippen molar-refractivity contribution in [2.24, 2.45) is 0 Å². The molecule has 0 amide bonds. The molecule has 0 bridgehead atoms. The average Bonchev–Trinajstić information content (AvgIpc) is 1.55. The number of fused-ring (bicyclic) bond motifs is 22. The van der Waals surface area contributed by atoms with Crippen LogP contribution in [0.4, 0.5) is 0 Å². The van der Waals surface area contributed by atoms with Gasteiger partial charge in [-0.1, -0.05) is 273 Å². The van der Waals surface area contributed by atoms with Crippen molar-refractivity contribution in [2.75, 3.05) is 0 Å². The molecule has 8 aromatic heterocycles. The highest BCUT2D eigenvalue weighted by Gasteiger charge is 2.26. The molecule has 12 heteroatoms. The standard InChI is InChI=1S/C53H31N7.C53H33N5/c1-3-14-35-29-37(23-21-32(35)11-1)49-56-50(38-24-22-33-12-2-4-15-36(33)30-38)58-51(57-49)39-26-27-45-42(31-39)48-40-16-6-5-13-34(40)25-28-47(48)59(45)53-55-43-18-8-7-17-41(43)52-54-44-19-9-10-20-46(44)60(52)53;1-3-13-34(14-4-1)40-32-46(37-16-5-2-6-17-37)54-47(33-40)38-25-23-35(24-26-38)39-28-29-48-43(31-39)51-41-18-8-7-15-36(41)27-30-50(51)57(48)53-56-44-20-10-9-19-42(44)52-55-45-21-11-12-22-49(45)58(52)53/h1-31H;1-33H. The van der Waals surface area contributed by atoms with Crippen molar-refractivity contribution in [3.63, 3.8) is 0 Å². The van der Waals surface area contributed by atoms with Crippen LogP contribution in [0.2, 0.25) is 0 Å². The zero-order chi connectivity index (χ0) is 77.5. The quantitative estimate of drug-likeness (QED) is 0.140. The molecule has 25 rings (SSSR count). The minimum atomic E-state index is 0.603. The van der Waals surface area contributed by atoms with Gasteiger partial charge in [0.1, 0.15) is 11.3 Å². The highest BCUT2D eigenvalue weighted by Crippen LogP contribution is 2.44. The van der Waals surface area contributed by atoms with Gasteiger partial charge < -0.3 is 0 Å². The Morgan fingerprint density at radius 3 is 1.01 bits per heavy atom. The van der Waals surface area contributed by atoms with Crippen molar-refractivity contribution in [1.29, 1.82) is 0 Å². The summed E-state index contributed by atoms with van der Waals surface area (Å²) < 4.78 is 9.05. The third kappa shape index (κ3) is 10.8. The molecule has 0 aliphatic rings. The lowest BCUT2D eigenvalue weighted by Gasteiger charge is -2.13. The van der Waals surface area contributed by atoms with Crippen LogP contribution in [0.15, 0.2) is 388 Å². The van der Waals surface area contributed by atoms with E-state index in [1.54, 1.807) is 0 Å². The number of rotatable bonds is 9. The molecule has 0 atom stereocenters. The van der Waals surface area contributed by atoms with E-state index in [0.717, 1.165) is 177 Å². The Hall–Kier alpha value is -16.2. The Labute approximate surface area is 674 Å². The summed E-state index contributed by atoms with van der Waals surface area (Å²) in [6, 6.07) is 137. The van der Waals surface area contributed by atoms with Crippen LogP contribution in [0.1, 0.15) is 0 Å². The van der Waals surface area contributed by atoms with Crippen molar-refractivity contribution in [2.45, 2.75) is 0 Å². The number of aromatic nitrogens is 12. The number of pyridine rings is 1. The van der Waals surface area contributed by atoms with Gasteiger partial charge in [0.25, 0.3) is 0 Å².